The number of amides is 2. The number of likely N-dealkylation sites (tertiary alicyclic amines) is 1. The Bertz CT molecular complexity index is 1930. The molecule has 12 nitrogen and oxygen atoms in total. The Labute approximate surface area is 285 Å². The predicted octanol–water partition coefficient (Wildman–Crippen LogP) is 3.61. The quantitative estimate of drug-likeness (QED) is 0.281. The molecule has 0 saturated carbocycles. The van der Waals surface area contributed by atoms with Crippen molar-refractivity contribution in [2.75, 3.05) is 39.2 Å². The summed E-state index contributed by atoms with van der Waals surface area (Å²) in [6, 6.07) is 9.72. The largest absolute Gasteiger partial charge is 0.573 e. The second-order valence-corrected chi connectivity index (χ2v) is 14.1. The lowest BCUT2D eigenvalue weighted by atomic mass is 9.78. The Morgan fingerprint density at radius 2 is 1.78 bits per heavy atom. The SMILES string of the molecule is CNC(=O)[C@@H]1C[C@@H](O)C[N+]1(C)C1(c2cc(C(C)O)ccc2OC)C(=O)N(S(=O)(=O)c2ccc(OC)cc2OC(F)(F)F)c2ccc(Cl)cc21. The molecular formula is C32H34ClF3N3O9S+. The molecule has 3 N–H and O–H groups in total. The van der Waals surface area contributed by atoms with Gasteiger partial charge in [-0.05, 0) is 55.0 Å². The summed E-state index contributed by atoms with van der Waals surface area (Å²) in [5.74, 6) is -3.08. The van der Waals surface area contributed by atoms with Gasteiger partial charge in [0.1, 0.15) is 29.0 Å². The van der Waals surface area contributed by atoms with Crippen molar-refractivity contribution in [1.29, 1.82) is 0 Å². The third-order valence-electron chi connectivity index (χ3n) is 9.14. The molecule has 0 radical (unpaired) electrons. The van der Waals surface area contributed by atoms with Crippen LogP contribution in [0.5, 0.6) is 17.2 Å². The number of quaternary nitrogens is 1. The molecule has 3 aromatic rings. The van der Waals surface area contributed by atoms with E-state index in [0.717, 1.165) is 25.3 Å². The first-order valence-corrected chi connectivity index (χ1v) is 16.6. The molecule has 0 aromatic heterocycles. The van der Waals surface area contributed by atoms with Gasteiger partial charge in [0.05, 0.1) is 44.2 Å². The maximum Gasteiger partial charge on any atom is 0.573 e. The summed E-state index contributed by atoms with van der Waals surface area (Å²) in [5, 5.41) is 24.3. The Morgan fingerprint density at radius 3 is 2.37 bits per heavy atom. The summed E-state index contributed by atoms with van der Waals surface area (Å²) < 4.78 is 84.7. The highest BCUT2D eigenvalue weighted by atomic mass is 35.5. The number of fused-ring (bicyclic) bond motifs is 1. The number of rotatable bonds is 9. The highest BCUT2D eigenvalue weighted by Crippen LogP contribution is 2.58. The number of alkyl halides is 3. The molecule has 0 bridgehead atoms. The molecule has 5 rings (SSSR count). The maximum atomic E-state index is 15.5. The van der Waals surface area contributed by atoms with Crippen LogP contribution in [0.1, 0.15) is 36.1 Å². The molecule has 2 heterocycles. The van der Waals surface area contributed by atoms with E-state index < -0.39 is 67.1 Å². The fraction of sp³-hybridized carbons (Fsp3) is 0.375. The Morgan fingerprint density at radius 1 is 1.08 bits per heavy atom. The number of carbonyl (C=O) groups excluding carboxylic acids is 2. The van der Waals surface area contributed by atoms with Crippen LogP contribution in [0.15, 0.2) is 59.5 Å². The lowest BCUT2D eigenvalue weighted by Gasteiger charge is -2.48. The summed E-state index contributed by atoms with van der Waals surface area (Å²) >= 11 is 6.51. The van der Waals surface area contributed by atoms with E-state index in [4.69, 9.17) is 21.1 Å². The monoisotopic (exact) mass is 728 g/mol. The topological polar surface area (TPSA) is 152 Å². The normalized spacial score (nSPS) is 24.4. The zero-order valence-corrected chi connectivity index (χ0v) is 28.5. The van der Waals surface area contributed by atoms with Gasteiger partial charge in [-0.3, -0.25) is 14.1 Å². The average Bonchev–Trinajstić information content (AvgIpc) is 3.49. The number of hydrogen-bond donors (Lipinski definition) is 3. The third kappa shape index (κ3) is 5.74. The first-order valence-electron chi connectivity index (χ1n) is 14.8. The number of nitrogens with zero attached hydrogens (tertiary/aromatic N) is 2. The molecule has 5 atom stereocenters. The molecule has 49 heavy (non-hydrogen) atoms. The third-order valence-corrected chi connectivity index (χ3v) is 11.1. The molecule has 3 aromatic carbocycles. The fourth-order valence-corrected chi connectivity index (χ4v) is 8.78. The Hall–Kier alpha value is -4.09. The number of aliphatic hydroxyl groups is 2. The number of methoxy groups -OCH3 is 2. The number of sulfonamides is 1. The van der Waals surface area contributed by atoms with Gasteiger partial charge in [-0.1, -0.05) is 17.7 Å². The number of likely N-dealkylation sites (N-methyl/N-ethyl adjacent to an activating group) is 2. The van der Waals surface area contributed by atoms with Crippen molar-refractivity contribution in [3.05, 3.63) is 76.3 Å². The molecule has 2 amide bonds. The van der Waals surface area contributed by atoms with E-state index in [1.165, 1.54) is 64.5 Å². The molecule has 264 valence electrons. The number of ether oxygens (including phenoxy) is 3. The molecule has 2 aliphatic heterocycles. The second kappa shape index (κ2) is 12.7. The van der Waals surface area contributed by atoms with Crippen LogP contribution in [0, 0.1) is 0 Å². The van der Waals surface area contributed by atoms with E-state index in [-0.39, 0.29) is 51.9 Å². The van der Waals surface area contributed by atoms with Gasteiger partial charge >= 0.3 is 12.3 Å². The average molecular weight is 729 g/mol. The second-order valence-electron chi connectivity index (χ2n) is 11.9. The Balaban J connectivity index is 1.93. The van der Waals surface area contributed by atoms with E-state index in [0.29, 0.717) is 4.31 Å². The van der Waals surface area contributed by atoms with Crippen molar-refractivity contribution in [2.24, 2.45) is 0 Å². The number of hydrogen-bond acceptors (Lipinski definition) is 9. The van der Waals surface area contributed by atoms with Crippen LogP contribution in [0.3, 0.4) is 0 Å². The summed E-state index contributed by atoms with van der Waals surface area (Å²) in [4.78, 5) is 28.0. The standard InChI is InChI=1S/C32H33ClF3N3O9S/c1-17(40)18-6-10-26(47-5)23(12-18)31(39(3)16-20(41)14-25(39)29(42)37-2)22-13-19(33)7-9-24(22)38(30(31)43)49(44,45)28-11-8-21(46-4)15-27(28)48-32(34,35)36/h6-13,15,17,20,25,40-41H,14,16H2,1-5H3/p+1/t17?,20-,25+,31?,39?/m1/s1. The smallest absolute Gasteiger partial charge is 0.497 e. The minimum atomic E-state index is -5.33. The summed E-state index contributed by atoms with van der Waals surface area (Å²) in [6.45, 7) is 1.20. The van der Waals surface area contributed by atoms with Crippen LogP contribution in [0.25, 0.3) is 0 Å². The number of halogens is 4. The molecular weight excluding hydrogens is 695 g/mol. The van der Waals surface area contributed by atoms with Crippen LogP contribution in [0.2, 0.25) is 5.02 Å². The number of benzene rings is 3. The summed E-state index contributed by atoms with van der Waals surface area (Å²) in [6.07, 6.45) is -7.73. The molecule has 17 heteroatoms. The zero-order chi connectivity index (χ0) is 36.3. The van der Waals surface area contributed by atoms with Crippen molar-refractivity contribution in [1.82, 2.24) is 5.32 Å². The van der Waals surface area contributed by atoms with Crippen LogP contribution >= 0.6 is 11.6 Å². The van der Waals surface area contributed by atoms with Gasteiger partial charge in [0.25, 0.3) is 15.9 Å². The van der Waals surface area contributed by atoms with E-state index >= 15 is 4.79 Å². The zero-order valence-electron chi connectivity index (χ0n) is 26.9. The van der Waals surface area contributed by atoms with E-state index in [1.807, 2.05) is 0 Å². The van der Waals surface area contributed by atoms with Gasteiger partial charge in [0, 0.05) is 24.6 Å². The minimum absolute atomic E-state index is 0.00613. The molecule has 0 spiro atoms. The van der Waals surface area contributed by atoms with Crippen LogP contribution < -0.4 is 23.8 Å². The lowest BCUT2D eigenvalue weighted by molar-refractivity contribution is -0.953. The first-order chi connectivity index (χ1) is 22.9. The van der Waals surface area contributed by atoms with Crippen LogP contribution in [-0.4, -0.2) is 88.3 Å². The summed E-state index contributed by atoms with van der Waals surface area (Å²) in [7, 11) is 0.0335. The van der Waals surface area contributed by atoms with Gasteiger partial charge in [-0.2, -0.15) is 4.31 Å². The summed E-state index contributed by atoms with van der Waals surface area (Å²) in [5.41, 5.74) is -2.32. The van der Waals surface area contributed by atoms with E-state index in [9.17, 15) is 36.6 Å². The van der Waals surface area contributed by atoms with E-state index in [1.54, 1.807) is 0 Å². The van der Waals surface area contributed by atoms with Gasteiger partial charge in [0.2, 0.25) is 5.54 Å². The lowest BCUT2D eigenvalue weighted by Crippen LogP contribution is -2.69. The number of aliphatic hydroxyl groups excluding tert-OH is 2. The van der Waals surface area contributed by atoms with Crippen molar-refractivity contribution < 1.29 is 60.1 Å². The number of carbonyl (C=O) groups is 2. The first kappa shape index (κ1) is 36.2. The van der Waals surface area contributed by atoms with Crippen molar-refractivity contribution in [3.8, 4) is 17.2 Å². The van der Waals surface area contributed by atoms with Gasteiger partial charge in [-0.25, -0.2) is 8.42 Å². The highest BCUT2D eigenvalue weighted by Gasteiger charge is 2.72. The minimum Gasteiger partial charge on any atom is -0.497 e. The Kier molecular flexibility index (Phi) is 9.35. The van der Waals surface area contributed by atoms with Gasteiger partial charge in [-0.15, -0.1) is 13.2 Å². The fourth-order valence-electron chi connectivity index (χ4n) is 7.05. The molecule has 1 fully saturated rings. The van der Waals surface area contributed by atoms with Crippen LogP contribution in [-0.2, 0) is 25.2 Å². The maximum absolute atomic E-state index is 15.5. The molecule has 0 aliphatic carbocycles. The molecule has 1 saturated heterocycles. The highest BCUT2D eigenvalue weighted by molar-refractivity contribution is 7.93. The van der Waals surface area contributed by atoms with Gasteiger partial charge in [0.15, 0.2) is 11.8 Å². The van der Waals surface area contributed by atoms with Crippen molar-refractivity contribution >= 4 is 39.1 Å². The number of anilines is 1. The van der Waals surface area contributed by atoms with Crippen molar-refractivity contribution in [2.45, 2.75) is 48.4 Å². The van der Waals surface area contributed by atoms with Crippen LogP contribution in [0.4, 0.5) is 18.9 Å². The van der Waals surface area contributed by atoms with Gasteiger partial charge < -0.3 is 29.7 Å². The number of nitrogens with one attached hydrogen (secondary N) is 1. The van der Waals surface area contributed by atoms with Crippen molar-refractivity contribution in [3.63, 3.8) is 0 Å². The van der Waals surface area contributed by atoms with E-state index in [2.05, 4.69) is 10.1 Å². The predicted molar refractivity (Wildman–Crippen MR) is 170 cm³/mol. The molecule has 3 unspecified atom stereocenters. The molecule has 2 aliphatic rings.